The first-order chi connectivity index (χ1) is 9.65. The van der Waals surface area contributed by atoms with E-state index >= 15 is 0 Å². The van der Waals surface area contributed by atoms with Crippen LogP contribution in [0.15, 0.2) is 46.9 Å². The Hall–Kier alpha value is -1.99. The van der Waals surface area contributed by atoms with Crippen molar-refractivity contribution in [2.45, 2.75) is 13.0 Å². The van der Waals surface area contributed by atoms with E-state index in [-0.39, 0.29) is 0 Å². The monoisotopic (exact) mass is 330 g/mol. The first kappa shape index (κ1) is 14.4. The van der Waals surface area contributed by atoms with Crippen LogP contribution in [-0.4, -0.2) is 7.11 Å². The van der Waals surface area contributed by atoms with E-state index in [9.17, 15) is 5.26 Å². The Morgan fingerprint density at radius 3 is 2.65 bits per heavy atom. The molecule has 0 bridgehead atoms. The van der Waals surface area contributed by atoms with Crippen molar-refractivity contribution in [1.82, 2.24) is 0 Å². The normalized spacial score (nSPS) is 11.5. The molecule has 0 radical (unpaired) electrons. The molecule has 0 saturated heterocycles. The number of halogens is 1. The summed E-state index contributed by atoms with van der Waals surface area (Å²) in [5.41, 5.74) is 2.86. The van der Waals surface area contributed by atoms with Crippen LogP contribution in [0.2, 0.25) is 0 Å². The van der Waals surface area contributed by atoms with Crippen molar-refractivity contribution in [1.29, 1.82) is 5.26 Å². The zero-order valence-electron chi connectivity index (χ0n) is 11.4. The summed E-state index contributed by atoms with van der Waals surface area (Å²) >= 11 is 3.50. The lowest BCUT2D eigenvalue weighted by Gasteiger charge is -2.16. The van der Waals surface area contributed by atoms with Crippen LogP contribution in [0.25, 0.3) is 0 Å². The van der Waals surface area contributed by atoms with Gasteiger partial charge in [0.05, 0.1) is 18.9 Å². The molecule has 4 heteroatoms. The molecule has 20 heavy (non-hydrogen) atoms. The summed E-state index contributed by atoms with van der Waals surface area (Å²) in [6.45, 7) is 2.02. The smallest absolute Gasteiger partial charge is 0.141 e. The summed E-state index contributed by atoms with van der Waals surface area (Å²) in [6.07, 6.45) is 0. The first-order valence-electron chi connectivity index (χ1n) is 6.21. The maximum atomic E-state index is 9.40. The van der Waals surface area contributed by atoms with E-state index < -0.39 is 6.04 Å². The number of nitrogens with one attached hydrogen (secondary N) is 1. The Kier molecular flexibility index (Phi) is 4.65. The molecule has 1 unspecified atom stereocenters. The van der Waals surface area contributed by atoms with Crippen molar-refractivity contribution >= 4 is 21.6 Å². The lowest BCUT2D eigenvalue weighted by molar-refractivity contribution is 0.416. The molecule has 1 N–H and O–H groups in total. The number of rotatable bonds is 4. The van der Waals surface area contributed by atoms with Gasteiger partial charge in [-0.1, -0.05) is 40.2 Å². The van der Waals surface area contributed by atoms with Crippen LogP contribution < -0.4 is 10.1 Å². The molecular weight excluding hydrogens is 316 g/mol. The number of hydrogen-bond donors (Lipinski definition) is 1. The van der Waals surface area contributed by atoms with Crippen LogP contribution in [0.1, 0.15) is 17.2 Å². The number of nitrogens with zero attached hydrogens (tertiary/aromatic N) is 1. The lowest BCUT2D eigenvalue weighted by Crippen LogP contribution is -2.09. The molecule has 0 spiro atoms. The number of aryl methyl sites for hydroxylation is 1. The van der Waals surface area contributed by atoms with E-state index in [1.165, 1.54) is 0 Å². The number of para-hydroxylation sites is 2. The highest BCUT2D eigenvalue weighted by molar-refractivity contribution is 9.10. The zero-order valence-corrected chi connectivity index (χ0v) is 12.9. The Morgan fingerprint density at radius 2 is 2.00 bits per heavy atom. The van der Waals surface area contributed by atoms with Crippen molar-refractivity contribution in [2.75, 3.05) is 12.4 Å². The fraction of sp³-hybridized carbons (Fsp3) is 0.188. The maximum absolute atomic E-state index is 9.40. The highest BCUT2D eigenvalue weighted by atomic mass is 79.9. The SMILES string of the molecule is COc1ccccc1NC(C#N)c1ccc(C)c(Br)c1. The van der Waals surface area contributed by atoms with Crippen LogP contribution in [-0.2, 0) is 0 Å². The summed E-state index contributed by atoms with van der Waals surface area (Å²) in [7, 11) is 1.62. The molecule has 0 aliphatic carbocycles. The van der Waals surface area contributed by atoms with Crippen molar-refractivity contribution in [2.24, 2.45) is 0 Å². The molecule has 3 nitrogen and oxygen atoms in total. The van der Waals surface area contributed by atoms with Gasteiger partial charge in [0, 0.05) is 4.47 Å². The summed E-state index contributed by atoms with van der Waals surface area (Å²) in [5, 5.41) is 12.6. The lowest BCUT2D eigenvalue weighted by atomic mass is 10.1. The van der Waals surface area contributed by atoms with Gasteiger partial charge in [0.1, 0.15) is 11.8 Å². The number of benzene rings is 2. The third kappa shape index (κ3) is 3.12. The second kappa shape index (κ2) is 6.44. The average Bonchev–Trinajstić information content (AvgIpc) is 2.48. The molecule has 102 valence electrons. The predicted molar refractivity (Wildman–Crippen MR) is 83.8 cm³/mol. The van der Waals surface area contributed by atoms with E-state index in [1.807, 2.05) is 49.4 Å². The third-order valence-electron chi connectivity index (χ3n) is 3.07. The van der Waals surface area contributed by atoms with E-state index in [0.29, 0.717) is 0 Å². The fourth-order valence-corrected chi connectivity index (χ4v) is 2.29. The van der Waals surface area contributed by atoms with Crippen LogP contribution in [0.3, 0.4) is 0 Å². The van der Waals surface area contributed by atoms with Gasteiger partial charge in [-0.3, -0.25) is 0 Å². The van der Waals surface area contributed by atoms with Crippen molar-refractivity contribution in [3.05, 3.63) is 58.1 Å². The van der Waals surface area contributed by atoms with Crippen LogP contribution in [0.5, 0.6) is 5.75 Å². The molecule has 0 fully saturated rings. The largest absolute Gasteiger partial charge is 0.495 e. The molecule has 2 aromatic carbocycles. The average molecular weight is 331 g/mol. The Balaban J connectivity index is 2.29. The topological polar surface area (TPSA) is 45.0 Å². The minimum Gasteiger partial charge on any atom is -0.495 e. The molecule has 1 atom stereocenters. The maximum Gasteiger partial charge on any atom is 0.141 e. The van der Waals surface area contributed by atoms with Crippen molar-refractivity contribution < 1.29 is 4.74 Å². The van der Waals surface area contributed by atoms with Crippen molar-refractivity contribution in [3.8, 4) is 11.8 Å². The molecular formula is C16H15BrN2O. The van der Waals surface area contributed by atoms with Gasteiger partial charge in [-0.25, -0.2) is 0 Å². The summed E-state index contributed by atoms with van der Waals surface area (Å²) in [4.78, 5) is 0. The highest BCUT2D eigenvalue weighted by Crippen LogP contribution is 2.29. The van der Waals surface area contributed by atoms with Gasteiger partial charge in [0.25, 0.3) is 0 Å². The van der Waals surface area contributed by atoms with E-state index in [0.717, 1.165) is 27.0 Å². The minimum atomic E-state index is -0.428. The van der Waals surface area contributed by atoms with Crippen molar-refractivity contribution in [3.63, 3.8) is 0 Å². The van der Waals surface area contributed by atoms with E-state index in [1.54, 1.807) is 7.11 Å². The molecule has 0 heterocycles. The molecule has 0 aliphatic heterocycles. The number of anilines is 1. The van der Waals surface area contributed by atoms with Crippen LogP contribution >= 0.6 is 15.9 Å². The van der Waals surface area contributed by atoms with E-state index in [4.69, 9.17) is 4.74 Å². The minimum absolute atomic E-state index is 0.428. The van der Waals surface area contributed by atoms with Crippen LogP contribution in [0, 0.1) is 18.3 Å². The quantitative estimate of drug-likeness (QED) is 0.901. The van der Waals surface area contributed by atoms with Gasteiger partial charge in [-0.2, -0.15) is 5.26 Å². The van der Waals surface area contributed by atoms with E-state index in [2.05, 4.69) is 27.3 Å². The fourth-order valence-electron chi connectivity index (χ4n) is 1.90. The van der Waals surface area contributed by atoms with Gasteiger partial charge in [0.15, 0.2) is 0 Å². The predicted octanol–water partition coefficient (Wildman–Crippen LogP) is 4.44. The number of nitriles is 1. The zero-order chi connectivity index (χ0) is 14.5. The van der Waals surface area contributed by atoms with Gasteiger partial charge >= 0.3 is 0 Å². The van der Waals surface area contributed by atoms with Gasteiger partial charge in [0.2, 0.25) is 0 Å². The van der Waals surface area contributed by atoms with Gasteiger partial charge < -0.3 is 10.1 Å². The number of hydrogen-bond acceptors (Lipinski definition) is 3. The summed E-state index contributed by atoms with van der Waals surface area (Å²) < 4.78 is 6.29. The first-order valence-corrected chi connectivity index (χ1v) is 7.00. The Labute approximate surface area is 127 Å². The number of methoxy groups -OCH3 is 1. The summed E-state index contributed by atoms with van der Waals surface area (Å²) in [5.74, 6) is 0.721. The molecule has 2 aromatic rings. The van der Waals surface area contributed by atoms with Gasteiger partial charge in [-0.15, -0.1) is 0 Å². The standard InChI is InChI=1S/C16H15BrN2O/c1-11-7-8-12(9-13(11)17)15(10-18)19-14-5-3-4-6-16(14)20-2/h3-9,15,19H,1-2H3. The molecule has 2 rings (SSSR count). The number of ether oxygens (including phenoxy) is 1. The van der Waals surface area contributed by atoms with Gasteiger partial charge in [-0.05, 0) is 36.2 Å². The molecule has 0 saturated carbocycles. The molecule has 0 amide bonds. The van der Waals surface area contributed by atoms with Crippen LogP contribution in [0.4, 0.5) is 5.69 Å². The summed E-state index contributed by atoms with van der Waals surface area (Å²) in [6, 6.07) is 15.3. The Bertz CT molecular complexity index is 649. The Morgan fingerprint density at radius 1 is 1.25 bits per heavy atom. The molecule has 0 aromatic heterocycles. The second-order valence-corrected chi connectivity index (χ2v) is 5.27. The second-order valence-electron chi connectivity index (χ2n) is 4.42. The third-order valence-corrected chi connectivity index (χ3v) is 3.92. The highest BCUT2D eigenvalue weighted by Gasteiger charge is 2.13. The molecule has 0 aliphatic rings.